The Balaban J connectivity index is 1.46. The highest BCUT2D eigenvalue weighted by molar-refractivity contribution is 7.89. The number of carbonyl (C=O) groups is 1. The Morgan fingerprint density at radius 2 is 1.88 bits per heavy atom. The number of hydrogen-bond donors (Lipinski definition) is 1. The first-order valence-corrected chi connectivity index (χ1v) is 17.5. The standard InChI is InChI=1S/C35H40N8O4S/c1-7-27-20-42(48(45,46)30-10-9-15-38-33(30)47-27)19-25-16-24(12-11-22(25)3)31(35(5,6)34(44)39-26-17-36-21-37-18-26)28-13-14-29-32(23(28)4)40-41-43(29)8-2/h9-18,21,27,31H,7-8,19-20H2,1-6H3,(H,39,44)/t27-,31?/m1/s1. The van der Waals surface area contributed by atoms with Gasteiger partial charge >= 0.3 is 0 Å². The lowest BCUT2D eigenvalue weighted by molar-refractivity contribution is -0.124. The topological polar surface area (TPSA) is 145 Å². The van der Waals surface area contributed by atoms with Crippen molar-refractivity contribution >= 4 is 32.7 Å². The van der Waals surface area contributed by atoms with Crippen molar-refractivity contribution < 1.29 is 17.9 Å². The van der Waals surface area contributed by atoms with E-state index in [2.05, 4.69) is 30.6 Å². The van der Waals surface area contributed by atoms with Crippen molar-refractivity contribution in [3.63, 3.8) is 0 Å². The molecule has 0 spiro atoms. The minimum atomic E-state index is -3.92. The quantitative estimate of drug-likeness (QED) is 0.218. The Morgan fingerprint density at radius 3 is 2.60 bits per heavy atom. The van der Waals surface area contributed by atoms with Gasteiger partial charge in [-0.05, 0) is 73.2 Å². The number of amides is 1. The van der Waals surface area contributed by atoms with Crippen molar-refractivity contribution in [3.8, 4) is 5.88 Å². The van der Waals surface area contributed by atoms with E-state index in [9.17, 15) is 13.2 Å². The van der Waals surface area contributed by atoms with E-state index in [0.29, 0.717) is 18.7 Å². The van der Waals surface area contributed by atoms with Crippen LogP contribution >= 0.6 is 0 Å². The molecule has 0 saturated carbocycles. The molecule has 1 aliphatic rings. The Bertz CT molecular complexity index is 2080. The summed E-state index contributed by atoms with van der Waals surface area (Å²) in [5, 5.41) is 11.8. The number of nitrogens with one attached hydrogen (secondary N) is 1. The van der Waals surface area contributed by atoms with Crippen molar-refractivity contribution in [2.24, 2.45) is 5.41 Å². The molecule has 0 fully saturated rings. The summed E-state index contributed by atoms with van der Waals surface area (Å²) >= 11 is 0. The number of aromatic nitrogens is 6. The minimum Gasteiger partial charge on any atom is -0.472 e. The van der Waals surface area contributed by atoms with Gasteiger partial charge in [-0.25, -0.2) is 28.1 Å². The molecule has 1 aliphatic heterocycles. The Hall–Kier alpha value is -4.75. The smallest absolute Gasteiger partial charge is 0.248 e. The lowest BCUT2D eigenvalue weighted by Gasteiger charge is -2.35. The Labute approximate surface area is 280 Å². The van der Waals surface area contributed by atoms with Crippen molar-refractivity contribution in [3.05, 3.63) is 95.2 Å². The number of rotatable bonds is 9. The number of nitrogens with zero attached hydrogens (tertiary/aromatic N) is 7. The van der Waals surface area contributed by atoms with E-state index in [1.165, 1.54) is 22.9 Å². The molecular weight excluding hydrogens is 629 g/mol. The average molecular weight is 669 g/mol. The summed E-state index contributed by atoms with van der Waals surface area (Å²) in [6, 6.07) is 13.2. The molecule has 0 aliphatic carbocycles. The SMILES string of the molecule is CC[C@@H]1CN(Cc2cc(C(c3ccc4c(nnn4CC)c3C)C(C)(C)C(=O)Nc3cncnc3)ccc2C)S(=O)(=O)c2cccnc2O1. The number of aryl methyl sites for hydroxylation is 3. The van der Waals surface area contributed by atoms with Crippen LogP contribution < -0.4 is 10.1 Å². The lowest BCUT2D eigenvalue weighted by atomic mass is 9.69. The number of benzene rings is 2. The van der Waals surface area contributed by atoms with Crippen LogP contribution in [0, 0.1) is 19.3 Å². The highest BCUT2D eigenvalue weighted by Crippen LogP contribution is 2.45. The van der Waals surface area contributed by atoms with Gasteiger partial charge in [0.2, 0.25) is 21.8 Å². The molecule has 0 bridgehead atoms. The number of ether oxygens (including phenoxy) is 1. The molecule has 2 atom stereocenters. The second kappa shape index (κ2) is 13.0. The van der Waals surface area contributed by atoms with Gasteiger partial charge in [-0.2, -0.15) is 4.31 Å². The van der Waals surface area contributed by atoms with Gasteiger partial charge in [0.25, 0.3) is 0 Å². The second-order valence-electron chi connectivity index (χ2n) is 12.7. The maximum atomic E-state index is 14.1. The molecule has 6 rings (SSSR count). The Kier molecular flexibility index (Phi) is 9.01. The van der Waals surface area contributed by atoms with Gasteiger partial charge < -0.3 is 10.1 Å². The molecule has 1 amide bonds. The maximum absolute atomic E-state index is 14.1. The molecule has 250 valence electrons. The van der Waals surface area contributed by atoms with E-state index in [0.717, 1.165) is 38.9 Å². The molecule has 2 aromatic carbocycles. The number of fused-ring (bicyclic) bond motifs is 2. The van der Waals surface area contributed by atoms with Crippen molar-refractivity contribution in [2.75, 3.05) is 11.9 Å². The monoisotopic (exact) mass is 668 g/mol. The minimum absolute atomic E-state index is 0.0550. The number of anilines is 1. The van der Waals surface area contributed by atoms with Crippen LogP contribution in [0.4, 0.5) is 5.69 Å². The fraction of sp³-hybridized carbons (Fsp3) is 0.371. The molecule has 12 nitrogen and oxygen atoms in total. The second-order valence-corrected chi connectivity index (χ2v) is 14.6. The lowest BCUT2D eigenvalue weighted by Crippen LogP contribution is -2.38. The van der Waals surface area contributed by atoms with Crippen LogP contribution in [-0.2, 0) is 27.9 Å². The van der Waals surface area contributed by atoms with E-state index in [1.807, 2.05) is 76.6 Å². The molecule has 0 radical (unpaired) electrons. The van der Waals surface area contributed by atoms with Gasteiger partial charge in [-0.1, -0.05) is 50.3 Å². The largest absolute Gasteiger partial charge is 0.472 e. The maximum Gasteiger partial charge on any atom is 0.248 e. The molecule has 5 aromatic rings. The first kappa shape index (κ1) is 33.2. The van der Waals surface area contributed by atoms with Crippen LogP contribution in [0.1, 0.15) is 67.9 Å². The number of hydrogen-bond acceptors (Lipinski definition) is 9. The highest BCUT2D eigenvalue weighted by Gasteiger charge is 2.41. The molecule has 3 aromatic heterocycles. The van der Waals surface area contributed by atoms with Gasteiger partial charge in [0, 0.05) is 25.2 Å². The zero-order valence-corrected chi connectivity index (χ0v) is 28.8. The van der Waals surface area contributed by atoms with Crippen LogP contribution in [-0.4, -0.2) is 61.2 Å². The van der Waals surface area contributed by atoms with E-state index < -0.39 is 21.4 Å². The third-order valence-electron chi connectivity index (χ3n) is 9.27. The third-order valence-corrected chi connectivity index (χ3v) is 11.1. The Morgan fingerprint density at radius 1 is 1.10 bits per heavy atom. The van der Waals surface area contributed by atoms with Gasteiger partial charge in [-0.15, -0.1) is 5.10 Å². The van der Waals surface area contributed by atoms with Crippen LogP contribution in [0.15, 0.2) is 72.3 Å². The zero-order chi connectivity index (χ0) is 34.2. The summed E-state index contributed by atoms with van der Waals surface area (Å²) in [6.07, 6.45) is 6.32. The van der Waals surface area contributed by atoms with Crippen LogP contribution in [0.25, 0.3) is 11.0 Å². The van der Waals surface area contributed by atoms with Gasteiger partial charge in [-0.3, -0.25) is 4.79 Å². The molecule has 13 heteroatoms. The van der Waals surface area contributed by atoms with Crippen LogP contribution in [0.3, 0.4) is 0 Å². The molecule has 1 N–H and O–H groups in total. The molecule has 48 heavy (non-hydrogen) atoms. The van der Waals surface area contributed by atoms with Gasteiger partial charge in [0.1, 0.15) is 22.8 Å². The van der Waals surface area contributed by atoms with E-state index in [4.69, 9.17) is 4.74 Å². The molecule has 0 saturated heterocycles. The van der Waals surface area contributed by atoms with Gasteiger partial charge in [0.15, 0.2) is 0 Å². The fourth-order valence-electron chi connectivity index (χ4n) is 6.41. The zero-order valence-electron chi connectivity index (χ0n) is 28.0. The summed E-state index contributed by atoms with van der Waals surface area (Å²) in [4.78, 5) is 26.5. The highest BCUT2D eigenvalue weighted by atomic mass is 32.2. The van der Waals surface area contributed by atoms with E-state index >= 15 is 0 Å². The van der Waals surface area contributed by atoms with Crippen molar-refractivity contribution in [2.45, 2.75) is 78.0 Å². The first-order valence-electron chi connectivity index (χ1n) is 16.1. The summed E-state index contributed by atoms with van der Waals surface area (Å²) in [6.45, 7) is 12.8. The summed E-state index contributed by atoms with van der Waals surface area (Å²) in [5.41, 5.74) is 5.64. The number of sulfonamides is 1. The predicted octanol–water partition coefficient (Wildman–Crippen LogP) is 5.41. The molecular formula is C35H40N8O4S. The van der Waals surface area contributed by atoms with E-state index in [-0.39, 0.29) is 35.9 Å². The van der Waals surface area contributed by atoms with Crippen LogP contribution in [0.5, 0.6) is 5.88 Å². The molecule has 1 unspecified atom stereocenters. The van der Waals surface area contributed by atoms with Crippen molar-refractivity contribution in [1.29, 1.82) is 0 Å². The van der Waals surface area contributed by atoms with E-state index in [1.54, 1.807) is 18.5 Å². The number of pyridine rings is 1. The van der Waals surface area contributed by atoms with Crippen LogP contribution in [0.2, 0.25) is 0 Å². The van der Waals surface area contributed by atoms with Gasteiger partial charge in [0.05, 0.1) is 35.6 Å². The summed E-state index contributed by atoms with van der Waals surface area (Å²) in [5.74, 6) is -0.543. The number of carbonyl (C=O) groups excluding carboxylic acids is 1. The molecule has 4 heterocycles. The summed E-state index contributed by atoms with van der Waals surface area (Å²) in [7, 11) is -3.92. The fourth-order valence-corrected chi connectivity index (χ4v) is 7.94. The summed E-state index contributed by atoms with van der Waals surface area (Å²) < 4.78 is 37.3. The normalized spacial score (nSPS) is 16.9. The first-order chi connectivity index (χ1) is 22.9. The predicted molar refractivity (Wildman–Crippen MR) is 182 cm³/mol. The van der Waals surface area contributed by atoms with Crippen molar-refractivity contribution in [1.82, 2.24) is 34.3 Å². The average Bonchev–Trinajstić information content (AvgIpc) is 3.46. The third kappa shape index (κ3) is 6.03.